The SMILES string of the molecule is CCOC(=O)c1ccccc1NC(=O)NCc1ccc(Cl)c(C(F)(F)F)c1. The summed E-state index contributed by atoms with van der Waals surface area (Å²) in [7, 11) is 0. The third kappa shape index (κ3) is 5.62. The van der Waals surface area contributed by atoms with E-state index in [0.717, 1.165) is 12.1 Å². The number of urea groups is 1. The fourth-order valence-electron chi connectivity index (χ4n) is 2.23. The number of esters is 1. The van der Waals surface area contributed by atoms with Gasteiger partial charge in [-0.3, -0.25) is 0 Å². The first-order valence-corrected chi connectivity index (χ1v) is 8.26. The first-order chi connectivity index (χ1) is 12.7. The van der Waals surface area contributed by atoms with Crippen molar-refractivity contribution in [3.8, 4) is 0 Å². The predicted octanol–water partition coefficient (Wildman–Crippen LogP) is 4.86. The quantitative estimate of drug-likeness (QED) is 0.704. The van der Waals surface area contributed by atoms with E-state index in [1.807, 2.05) is 0 Å². The lowest BCUT2D eigenvalue weighted by Gasteiger charge is -2.13. The van der Waals surface area contributed by atoms with Crippen molar-refractivity contribution in [3.63, 3.8) is 0 Å². The van der Waals surface area contributed by atoms with Crippen LogP contribution in [0.4, 0.5) is 23.7 Å². The highest BCUT2D eigenvalue weighted by Gasteiger charge is 2.33. The van der Waals surface area contributed by atoms with Crippen LogP contribution >= 0.6 is 11.6 Å². The van der Waals surface area contributed by atoms with Gasteiger partial charge in [0.2, 0.25) is 0 Å². The average molecular weight is 401 g/mol. The minimum absolute atomic E-state index is 0.159. The predicted molar refractivity (Wildman–Crippen MR) is 94.7 cm³/mol. The monoisotopic (exact) mass is 400 g/mol. The average Bonchev–Trinajstić information content (AvgIpc) is 2.60. The first kappa shape index (κ1) is 20.6. The molecule has 0 heterocycles. The van der Waals surface area contributed by atoms with E-state index in [9.17, 15) is 22.8 Å². The van der Waals surface area contributed by atoms with Gasteiger partial charge >= 0.3 is 18.2 Å². The second-order valence-corrected chi connectivity index (χ2v) is 5.79. The van der Waals surface area contributed by atoms with E-state index in [2.05, 4.69) is 10.6 Å². The third-order valence-corrected chi connectivity index (χ3v) is 3.79. The van der Waals surface area contributed by atoms with Crippen molar-refractivity contribution < 1.29 is 27.5 Å². The molecule has 0 fully saturated rings. The summed E-state index contributed by atoms with van der Waals surface area (Å²) in [5.74, 6) is -0.596. The van der Waals surface area contributed by atoms with Crippen LogP contribution in [-0.4, -0.2) is 18.6 Å². The van der Waals surface area contributed by atoms with Gasteiger partial charge in [0.25, 0.3) is 0 Å². The van der Waals surface area contributed by atoms with Crippen LogP contribution < -0.4 is 10.6 Å². The molecular weight excluding hydrogens is 385 g/mol. The van der Waals surface area contributed by atoms with Crippen LogP contribution in [0.15, 0.2) is 42.5 Å². The van der Waals surface area contributed by atoms with Crippen molar-refractivity contribution >= 4 is 29.3 Å². The van der Waals surface area contributed by atoms with Crippen LogP contribution in [0.25, 0.3) is 0 Å². The Kier molecular flexibility index (Phi) is 6.68. The molecule has 0 unspecified atom stereocenters. The molecule has 2 aromatic rings. The molecule has 0 aliphatic rings. The molecule has 0 saturated heterocycles. The summed E-state index contributed by atoms with van der Waals surface area (Å²) >= 11 is 5.56. The van der Waals surface area contributed by atoms with Crippen molar-refractivity contribution in [3.05, 3.63) is 64.2 Å². The van der Waals surface area contributed by atoms with Crippen molar-refractivity contribution in [2.75, 3.05) is 11.9 Å². The standard InChI is InChI=1S/C18H16ClF3N2O3/c1-2-27-16(25)12-5-3-4-6-15(12)24-17(26)23-10-11-7-8-14(19)13(9-11)18(20,21)22/h3-9H,2,10H2,1H3,(H2,23,24,26). The molecule has 2 amide bonds. The molecule has 0 atom stereocenters. The number of ether oxygens (including phenoxy) is 1. The minimum atomic E-state index is -4.59. The van der Waals surface area contributed by atoms with Gasteiger partial charge in [-0.25, -0.2) is 9.59 Å². The third-order valence-electron chi connectivity index (χ3n) is 3.46. The van der Waals surface area contributed by atoms with Gasteiger partial charge in [0.15, 0.2) is 0 Å². The van der Waals surface area contributed by atoms with Crippen LogP contribution in [0, 0.1) is 0 Å². The van der Waals surface area contributed by atoms with Crippen molar-refractivity contribution in [1.82, 2.24) is 5.32 Å². The fourth-order valence-corrected chi connectivity index (χ4v) is 2.45. The van der Waals surface area contributed by atoms with Crippen LogP contribution in [0.2, 0.25) is 5.02 Å². The number of amides is 2. The number of para-hydroxylation sites is 1. The Morgan fingerprint density at radius 3 is 2.52 bits per heavy atom. The van der Waals surface area contributed by atoms with E-state index in [1.54, 1.807) is 19.1 Å². The van der Waals surface area contributed by atoms with Gasteiger partial charge in [0.1, 0.15) is 0 Å². The Morgan fingerprint density at radius 1 is 1.15 bits per heavy atom. The summed E-state index contributed by atoms with van der Waals surface area (Å²) in [6, 6.07) is 8.91. The molecule has 0 spiro atoms. The highest BCUT2D eigenvalue weighted by Crippen LogP contribution is 2.35. The van der Waals surface area contributed by atoms with E-state index in [0.29, 0.717) is 0 Å². The van der Waals surface area contributed by atoms with Crippen molar-refractivity contribution in [2.24, 2.45) is 0 Å². The molecule has 144 valence electrons. The molecular formula is C18H16ClF3N2O3. The number of alkyl halides is 3. The lowest BCUT2D eigenvalue weighted by atomic mass is 10.1. The maximum absolute atomic E-state index is 12.9. The number of benzene rings is 2. The number of carbonyl (C=O) groups excluding carboxylic acids is 2. The normalized spacial score (nSPS) is 11.0. The Bertz CT molecular complexity index is 841. The van der Waals surface area contributed by atoms with Gasteiger partial charge in [-0.1, -0.05) is 29.8 Å². The number of rotatable bonds is 5. The van der Waals surface area contributed by atoms with Gasteiger partial charge in [-0.05, 0) is 36.8 Å². The molecule has 0 saturated carbocycles. The van der Waals surface area contributed by atoms with Gasteiger partial charge in [0, 0.05) is 6.54 Å². The van der Waals surface area contributed by atoms with Gasteiger partial charge in [-0.15, -0.1) is 0 Å². The number of hydrogen-bond acceptors (Lipinski definition) is 3. The second kappa shape index (κ2) is 8.77. The van der Waals surface area contributed by atoms with Crippen LogP contribution in [-0.2, 0) is 17.5 Å². The van der Waals surface area contributed by atoms with E-state index in [-0.39, 0.29) is 30.0 Å². The molecule has 2 aromatic carbocycles. The number of carbonyl (C=O) groups is 2. The Balaban J connectivity index is 2.05. The number of hydrogen-bond donors (Lipinski definition) is 2. The van der Waals surface area contributed by atoms with Gasteiger partial charge in [-0.2, -0.15) is 13.2 Å². The zero-order valence-electron chi connectivity index (χ0n) is 14.2. The second-order valence-electron chi connectivity index (χ2n) is 5.39. The largest absolute Gasteiger partial charge is 0.462 e. The highest BCUT2D eigenvalue weighted by molar-refractivity contribution is 6.31. The molecule has 9 heteroatoms. The molecule has 0 radical (unpaired) electrons. The molecule has 27 heavy (non-hydrogen) atoms. The fraction of sp³-hybridized carbons (Fsp3) is 0.222. The van der Waals surface area contributed by atoms with Crippen LogP contribution in [0.1, 0.15) is 28.4 Å². The summed E-state index contributed by atoms with van der Waals surface area (Å²) in [6.07, 6.45) is -4.59. The van der Waals surface area contributed by atoms with E-state index in [4.69, 9.17) is 16.3 Å². The first-order valence-electron chi connectivity index (χ1n) is 7.89. The Hall–Kier alpha value is -2.74. The zero-order chi connectivity index (χ0) is 20.0. The topological polar surface area (TPSA) is 67.4 Å². The summed E-state index contributed by atoms with van der Waals surface area (Å²) in [5.41, 5.74) is -0.363. The summed E-state index contributed by atoms with van der Waals surface area (Å²) < 4.78 is 43.5. The zero-order valence-corrected chi connectivity index (χ0v) is 14.9. The Morgan fingerprint density at radius 2 is 1.85 bits per heavy atom. The van der Waals surface area contributed by atoms with Crippen molar-refractivity contribution in [2.45, 2.75) is 19.6 Å². The molecule has 5 nitrogen and oxygen atoms in total. The summed E-state index contributed by atoms with van der Waals surface area (Å²) in [6.45, 7) is 1.67. The molecule has 0 aliphatic carbocycles. The van der Waals surface area contributed by atoms with E-state index >= 15 is 0 Å². The molecule has 2 N–H and O–H groups in total. The lowest BCUT2D eigenvalue weighted by Crippen LogP contribution is -2.29. The minimum Gasteiger partial charge on any atom is -0.462 e. The van der Waals surface area contributed by atoms with Crippen LogP contribution in [0.3, 0.4) is 0 Å². The van der Waals surface area contributed by atoms with Gasteiger partial charge in [0.05, 0.1) is 28.4 Å². The molecule has 0 bridgehead atoms. The van der Waals surface area contributed by atoms with Gasteiger partial charge < -0.3 is 15.4 Å². The Labute approximate surface area is 158 Å². The maximum atomic E-state index is 12.9. The number of nitrogens with one attached hydrogen (secondary N) is 2. The van der Waals surface area contributed by atoms with Crippen LogP contribution in [0.5, 0.6) is 0 Å². The lowest BCUT2D eigenvalue weighted by molar-refractivity contribution is -0.137. The van der Waals surface area contributed by atoms with E-state index < -0.39 is 28.8 Å². The van der Waals surface area contributed by atoms with E-state index in [1.165, 1.54) is 18.2 Å². The highest BCUT2D eigenvalue weighted by atomic mass is 35.5. The number of anilines is 1. The van der Waals surface area contributed by atoms with Crippen molar-refractivity contribution in [1.29, 1.82) is 0 Å². The number of halogens is 4. The smallest absolute Gasteiger partial charge is 0.417 e. The molecule has 0 aliphatic heterocycles. The molecule has 2 rings (SSSR count). The summed E-state index contributed by atoms with van der Waals surface area (Å²) in [4.78, 5) is 23.9. The maximum Gasteiger partial charge on any atom is 0.417 e. The summed E-state index contributed by atoms with van der Waals surface area (Å²) in [5, 5.41) is 4.49. The molecule has 0 aromatic heterocycles.